The van der Waals surface area contributed by atoms with Gasteiger partial charge in [0.25, 0.3) is 0 Å². The molecule has 128 valence electrons. The standard InChI is InChI=1S/C19H29NO3/c1-3-23-18-12-17(22)19(18)8-10-20(11-9-19)13-16(21)15-7-5-4-6-14(15)2/h4-7,16-18,21-22H,3,8-13H2,1-2H3. The van der Waals surface area contributed by atoms with Crippen LogP contribution >= 0.6 is 0 Å². The van der Waals surface area contributed by atoms with Gasteiger partial charge in [0.1, 0.15) is 0 Å². The molecule has 1 saturated heterocycles. The maximum absolute atomic E-state index is 10.5. The molecule has 4 heteroatoms. The first-order valence-corrected chi connectivity index (χ1v) is 8.82. The summed E-state index contributed by atoms with van der Waals surface area (Å²) in [6, 6.07) is 8.03. The van der Waals surface area contributed by atoms with Crippen molar-refractivity contribution in [2.75, 3.05) is 26.2 Å². The van der Waals surface area contributed by atoms with E-state index < -0.39 is 6.10 Å². The lowest BCUT2D eigenvalue weighted by molar-refractivity contribution is -0.210. The van der Waals surface area contributed by atoms with Gasteiger partial charge in [0, 0.05) is 25.0 Å². The van der Waals surface area contributed by atoms with Crippen LogP contribution < -0.4 is 0 Å². The van der Waals surface area contributed by atoms with Crippen LogP contribution in [0.2, 0.25) is 0 Å². The Kier molecular flexibility index (Phi) is 5.07. The second kappa shape index (κ2) is 6.89. The van der Waals surface area contributed by atoms with E-state index in [9.17, 15) is 10.2 Å². The van der Waals surface area contributed by atoms with E-state index in [4.69, 9.17) is 4.74 Å². The third-order valence-corrected chi connectivity index (χ3v) is 5.88. The number of likely N-dealkylation sites (tertiary alicyclic amines) is 1. The molecule has 1 aromatic rings. The summed E-state index contributed by atoms with van der Waals surface area (Å²) in [4.78, 5) is 2.32. The number of aliphatic hydroxyl groups excluding tert-OH is 2. The molecule has 0 radical (unpaired) electrons. The summed E-state index contributed by atoms with van der Waals surface area (Å²) < 4.78 is 5.82. The maximum Gasteiger partial charge on any atom is 0.0919 e. The lowest BCUT2D eigenvalue weighted by Gasteiger charge is -2.56. The van der Waals surface area contributed by atoms with E-state index in [1.165, 1.54) is 0 Å². The van der Waals surface area contributed by atoms with E-state index in [2.05, 4.69) is 4.90 Å². The molecule has 3 atom stereocenters. The summed E-state index contributed by atoms with van der Waals surface area (Å²) in [6.45, 7) is 7.28. The highest BCUT2D eigenvalue weighted by molar-refractivity contribution is 5.27. The minimum absolute atomic E-state index is 0.0415. The highest BCUT2D eigenvalue weighted by atomic mass is 16.5. The lowest BCUT2D eigenvalue weighted by atomic mass is 9.58. The number of aliphatic hydroxyl groups is 2. The molecule has 0 aromatic heterocycles. The van der Waals surface area contributed by atoms with Gasteiger partial charge < -0.3 is 19.8 Å². The van der Waals surface area contributed by atoms with Gasteiger partial charge in [0.15, 0.2) is 0 Å². The first-order chi connectivity index (χ1) is 11.1. The highest BCUT2D eigenvalue weighted by Gasteiger charge is 2.55. The first kappa shape index (κ1) is 16.9. The Morgan fingerprint density at radius 2 is 2.00 bits per heavy atom. The summed E-state index contributed by atoms with van der Waals surface area (Å²) in [7, 11) is 0. The normalized spacial score (nSPS) is 28.5. The van der Waals surface area contributed by atoms with Crippen molar-refractivity contribution in [3.05, 3.63) is 35.4 Å². The van der Waals surface area contributed by atoms with Gasteiger partial charge in [0.2, 0.25) is 0 Å². The molecular weight excluding hydrogens is 290 g/mol. The molecule has 4 nitrogen and oxygen atoms in total. The summed E-state index contributed by atoms with van der Waals surface area (Å²) in [5, 5.41) is 20.8. The zero-order valence-corrected chi connectivity index (χ0v) is 14.2. The molecule has 23 heavy (non-hydrogen) atoms. The van der Waals surface area contributed by atoms with Crippen molar-refractivity contribution in [2.45, 2.75) is 51.4 Å². The van der Waals surface area contributed by atoms with Crippen molar-refractivity contribution in [1.29, 1.82) is 0 Å². The predicted molar refractivity (Wildman–Crippen MR) is 90.3 cm³/mol. The second-order valence-corrected chi connectivity index (χ2v) is 7.10. The van der Waals surface area contributed by atoms with Gasteiger partial charge in [-0.05, 0) is 50.9 Å². The summed E-state index contributed by atoms with van der Waals surface area (Å²) >= 11 is 0. The third kappa shape index (κ3) is 3.18. The molecule has 0 amide bonds. The van der Waals surface area contributed by atoms with Gasteiger partial charge in [0.05, 0.1) is 18.3 Å². The van der Waals surface area contributed by atoms with Crippen molar-refractivity contribution >= 4 is 0 Å². The summed E-state index contributed by atoms with van der Waals surface area (Å²) in [6.07, 6.45) is 2.24. The van der Waals surface area contributed by atoms with Crippen LogP contribution in [0.5, 0.6) is 0 Å². The molecule has 1 aliphatic heterocycles. The van der Waals surface area contributed by atoms with Crippen LogP contribution in [0, 0.1) is 12.3 Å². The molecule has 2 aliphatic rings. The van der Waals surface area contributed by atoms with Gasteiger partial charge in [-0.15, -0.1) is 0 Å². The van der Waals surface area contributed by atoms with Gasteiger partial charge in [-0.3, -0.25) is 0 Å². The van der Waals surface area contributed by atoms with E-state index >= 15 is 0 Å². The lowest BCUT2D eigenvalue weighted by Crippen LogP contribution is -2.62. The molecular formula is C19H29NO3. The SMILES string of the molecule is CCOC1CC(O)C12CCN(CC(O)c1ccccc1C)CC2. The van der Waals surface area contributed by atoms with Crippen LogP contribution in [0.25, 0.3) is 0 Å². The van der Waals surface area contributed by atoms with Gasteiger partial charge in [-0.25, -0.2) is 0 Å². The Labute approximate surface area is 139 Å². The average Bonchev–Trinajstić information content (AvgIpc) is 2.56. The number of benzene rings is 1. The van der Waals surface area contributed by atoms with E-state index in [1.807, 2.05) is 38.1 Å². The number of rotatable bonds is 5. The predicted octanol–water partition coefficient (Wildman–Crippen LogP) is 2.28. The van der Waals surface area contributed by atoms with Crippen molar-refractivity contribution < 1.29 is 14.9 Å². The smallest absolute Gasteiger partial charge is 0.0919 e. The molecule has 2 N–H and O–H groups in total. The maximum atomic E-state index is 10.5. The van der Waals surface area contributed by atoms with Crippen molar-refractivity contribution in [2.24, 2.45) is 5.41 Å². The summed E-state index contributed by atoms with van der Waals surface area (Å²) in [5.41, 5.74) is 2.11. The molecule has 1 aliphatic carbocycles. The second-order valence-electron chi connectivity index (χ2n) is 7.10. The number of nitrogens with zero attached hydrogens (tertiary/aromatic N) is 1. The number of aryl methyl sites for hydroxylation is 1. The first-order valence-electron chi connectivity index (χ1n) is 8.82. The molecule has 1 aromatic carbocycles. The minimum atomic E-state index is -0.445. The van der Waals surface area contributed by atoms with Gasteiger partial charge in [-0.1, -0.05) is 24.3 Å². The van der Waals surface area contributed by atoms with E-state index in [0.717, 1.165) is 50.1 Å². The Morgan fingerprint density at radius 1 is 1.30 bits per heavy atom. The number of hydrogen-bond donors (Lipinski definition) is 2. The van der Waals surface area contributed by atoms with Crippen LogP contribution in [0.15, 0.2) is 24.3 Å². The van der Waals surface area contributed by atoms with Crippen molar-refractivity contribution in [1.82, 2.24) is 4.90 Å². The number of piperidine rings is 1. The van der Waals surface area contributed by atoms with Crippen LogP contribution in [-0.4, -0.2) is 53.6 Å². The number of β-amino-alcohol motifs (C(OH)–C–C–N with tert-alkyl or cyclic N) is 1. The highest BCUT2D eigenvalue weighted by Crippen LogP contribution is 2.51. The summed E-state index contributed by atoms with van der Waals surface area (Å²) in [5.74, 6) is 0. The average molecular weight is 319 g/mol. The van der Waals surface area contributed by atoms with E-state index in [0.29, 0.717) is 6.54 Å². The topological polar surface area (TPSA) is 52.9 Å². The Bertz CT molecular complexity index is 523. The van der Waals surface area contributed by atoms with Gasteiger partial charge in [-0.2, -0.15) is 0 Å². The molecule has 3 unspecified atom stereocenters. The van der Waals surface area contributed by atoms with Crippen molar-refractivity contribution in [3.63, 3.8) is 0 Å². The van der Waals surface area contributed by atoms with Crippen molar-refractivity contribution in [3.8, 4) is 0 Å². The Balaban J connectivity index is 1.56. The molecule has 1 saturated carbocycles. The molecule has 3 rings (SSSR count). The third-order valence-electron chi connectivity index (χ3n) is 5.88. The van der Waals surface area contributed by atoms with Gasteiger partial charge >= 0.3 is 0 Å². The monoisotopic (exact) mass is 319 g/mol. The van der Waals surface area contributed by atoms with Crippen LogP contribution in [0.3, 0.4) is 0 Å². The zero-order chi connectivity index (χ0) is 16.4. The molecule has 1 heterocycles. The molecule has 2 fully saturated rings. The quantitative estimate of drug-likeness (QED) is 0.874. The fourth-order valence-electron chi connectivity index (χ4n) is 4.27. The van der Waals surface area contributed by atoms with Crippen LogP contribution in [0.4, 0.5) is 0 Å². The minimum Gasteiger partial charge on any atom is -0.392 e. The fraction of sp³-hybridized carbons (Fsp3) is 0.684. The number of ether oxygens (including phenoxy) is 1. The Hall–Kier alpha value is -0.940. The van der Waals surface area contributed by atoms with Crippen LogP contribution in [-0.2, 0) is 4.74 Å². The fourth-order valence-corrected chi connectivity index (χ4v) is 4.27. The van der Waals surface area contributed by atoms with E-state index in [-0.39, 0.29) is 17.6 Å². The van der Waals surface area contributed by atoms with Crippen LogP contribution in [0.1, 0.15) is 43.4 Å². The zero-order valence-electron chi connectivity index (χ0n) is 14.2. The largest absolute Gasteiger partial charge is 0.392 e. The Morgan fingerprint density at radius 3 is 2.61 bits per heavy atom. The molecule has 0 bridgehead atoms. The molecule has 1 spiro atoms. The van der Waals surface area contributed by atoms with E-state index in [1.54, 1.807) is 0 Å². The number of hydrogen-bond acceptors (Lipinski definition) is 4.